The van der Waals surface area contributed by atoms with Crippen LogP contribution in [0.5, 0.6) is 0 Å². The van der Waals surface area contributed by atoms with E-state index in [1.807, 2.05) is 0 Å². The molecule has 1 N–H and O–H groups in total. The Bertz CT molecular complexity index is 486. The summed E-state index contributed by atoms with van der Waals surface area (Å²) in [7, 11) is 0. The van der Waals surface area contributed by atoms with Crippen LogP contribution in [0, 0.1) is 0 Å². The smallest absolute Gasteiger partial charge is 0.0320 e. The molecule has 0 bridgehead atoms. The van der Waals surface area contributed by atoms with Crippen LogP contribution in [0.15, 0.2) is 54.6 Å². The van der Waals surface area contributed by atoms with Crippen molar-refractivity contribution in [2.24, 2.45) is 0 Å². The number of halogens is 1. The molecule has 0 unspecified atom stereocenters. The van der Waals surface area contributed by atoms with Crippen molar-refractivity contribution >= 4 is 12.4 Å². The first-order chi connectivity index (χ1) is 8.93. The zero-order chi connectivity index (χ0) is 12.2. The Labute approximate surface area is 121 Å². The van der Waals surface area contributed by atoms with Crippen molar-refractivity contribution in [1.29, 1.82) is 0 Å². The van der Waals surface area contributed by atoms with Gasteiger partial charge in [-0.05, 0) is 36.1 Å². The van der Waals surface area contributed by atoms with E-state index in [0.717, 1.165) is 6.54 Å². The first-order valence-electron chi connectivity index (χ1n) is 6.82. The Morgan fingerprint density at radius 1 is 0.789 bits per heavy atom. The fourth-order valence-electron chi connectivity index (χ4n) is 2.67. The molecular formula is C17H20ClN. The van der Waals surface area contributed by atoms with E-state index in [1.165, 1.54) is 36.0 Å². The number of hydrogen-bond donors (Lipinski definition) is 1. The second-order valence-electron chi connectivity index (χ2n) is 4.99. The molecule has 1 atom stereocenters. The Morgan fingerprint density at radius 3 is 2.11 bits per heavy atom. The average Bonchev–Trinajstić information content (AvgIpc) is 2.49. The van der Waals surface area contributed by atoms with Crippen molar-refractivity contribution in [2.45, 2.75) is 25.3 Å². The van der Waals surface area contributed by atoms with Gasteiger partial charge in [-0.3, -0.25) is 0 Å². The molecule has 1 aliphatic heterocycles. The molecule has 19 heavy (non-hydrogen) atoms. The monoisotopic (exact) mass is 273 g/mol. The van der Waals surface area contributed by atoms with E-state index in [0.29, 0.717) is 6.04 Å². The fraction of sp³-hybridized carbons (Fsp3) is 0.294. The minimum atomic E-state index is 0. The Balaban J connectivity index is 0.00000133. The van der Waals surface area contributed by atoms with Gasteiger partial charge >= 0.3 is 0 Å². The topological polar surface area (TPSA) is 12.0 Å². The van der Waals surface area contributed by atoms with E-state index in [-0.39, 0.29) is 12.4 Å². The lowest BCUT2D eigenvalue weighted by Gasteiger charge is -2.24. The van der Waals surface area contributed by atoms with Gasteiger partial charge in [0.25, 0.3) is 0 Å². The molecule has 1 aliphatic rings. The molecule has 100 valence electrons. The third-order valence-corrected chi connectivity index (χ3v) is 3.73. The average molecular weight is 274 g/mol. The highest BCUT2D eigenvalue weighted by atomic mass is 35.5. The van der Waals surface area contributed by atoms with Crippen LogP contribution in [0.4, 0.5) is 0 Å². The number of benzene rings is 2. The summed E-state index contributed by atoms with van der Waals surface area (Å²) in [5, 5.41) is 3.59. The van der Waals surface area contributed by atoms with Crippen LogP contribution in [0.3, 0.4) is 0 Å². The maximum absolute atomic E-state index is 3.59. The maximum atomic E-state index is 3.59. The van der Waals surface area contributed by atoms with E-state index in [1.54, 1.807) is 0 Å². The summed E-state index contributed by atoms with van der Waals surface area (Å²) in [6.45, 7) is 1.16. The molecule has 0 amide bonds. The molecule has 0 saturated carbocycles. The van der Waals surface area contributed by atoms with Crippen LogP contribution >= 0.6 is 12.4 Å². The van der Waals surface area contributed by atoms with Crippen molar-refractivity contribution in [3.8, 4) is 11.1 Å². The molecule has 1 heterocycles. The van der Waals surface area contributed by atoms with Gasteiger partial charge in [-0.2, -0.15) is 0 Å². The summed E-state index contributed by atoms with van der Waals surface area (Å²) in [6, 6.07) is 20.1. The lowest BCUT2D eigenvalue weighted by Crippen LogP contribution is -2.26. The Morgan fingerprint density at radius 2 is 1.47 bits per heavy atom. The molecule has 1 nitrogen and oxygen atoms in total. The summed E-state index contributed by atoms with van der Waals surface area (Å²) >= 11 is 0. The van der Waals surface area contributed by atoms with Gasteiger partial charge in [-0.25, -0.2) is 0 Å². The highest BCUT2D eigenvalue weighted by molar-refractivity contribution is 5.85. The molecule has 0 spiro atoms. The van der Waals surface area contributed by atoms with Crippen molar-refractivity contribution in [2.75, 3.05) is 6.54 Å². The summed E-state index contributed by atoms with van der Waals surface area (Å²) < 4.78 is 0. The van der Waals surface area contributed by atoms with Gasteiger partial charge in [0.1, 0.15) is 0 Å². The quantitative estimate of drug-likeness (QED) is 0.844. The Hall–Kier alpha value is -1.31. The molecule has 3 rings (SSSR count). The van der Waals surface area contributed by atoms with Gasteiger partial charge in [-0.15, -0.1) is 12.4 Å². The van der Waals surface area contributed by atoms with E-state index < -0.39 is 0 Å². The molecule has 1 fully saturated rings. The SMILES string of the molecule is Cl.c1ccc(-c2ccc([C@@H]3CCCCN3)cc2)cc1. The first-order valence-corrected chi connectivity index (χ1v) is 6.82. The standard InChI is InChI=1S/C17H19N.ClH/c1-2-6-14(7-3-1)15-9-11-16(12-10-15)17-8-4-5-13-18-17;/h1-3,6-7,9-12,17-18H,4-5,8,13H2;1H/t17-;/m0./s1. The molecule has 2 aromatic carbocycles. The minimum Gasteiger partial charge on any atom is -0.310 e. The summed E-state index contributed by atoms with van der Waals surface area (Å²) in [5.74, 6) is 0. The van der Waals surface area contributed by atoms with Crippen molar-refractivity contribution in [3.05, 3.63) is 60.2 Å². The van der Waals surface area contributed by atoms with E-state index in [4.69, 9.17) is 0 Å². The zero-order valence-corrected chi connectivity index (χ0v) is 11.8. The molecular weight excluding hydrogens is 254 g/mol. The molecule has 2 aromatic rings. The molecule has 1 saturated heterocycles. The predicted octanol–water partition coefficient (Wildman–Crippen LogP) is 4.59. The van der Waals surface area contributed by atoms with Crippen LogP contribution in [-0.2, 0) is 0 Å². The lowest BCUT2D eigenvalue weighted by molar-refractivity contribution is 0.412. The highest BCUT2D eigenvalue weighted by Gasteiger charge is 2.14. The van der Waals surface area contributed by atoms with Crippen LogP contribution in [0.1, 0.15) is 30.9 Å². The Kier molecular flexibility index (Phi) is 5.00. The van der Waals surface area contributed by atoms with Crippen molar-refractivity contribution in [3.63, 3.8) is 0 Å². The van der Waals surface area contributed by atoms with E-state index in [9.17, 15) is 0 Å². The summed E-state index contributed by atoms with van der Waals surface area (Å²) in [6.07, 6.45) is 3.93. The second-order valence-corrected chi connectivity index (χ2v) is 4.99. The van der Waals surface area contributed by atoms with Gasteiger partial charge in [0.15, 0.2) is 0 Å². The van der Waals surface area contributed by atoms with Gasteiger partial charge in [0.05, 0.1) is 0 Å². The third kappa shape index (κ3) is 3.37. The van der Waals surface area contributed by atoms with Crippen LogP contribution in [0.25, 0.3) is 11.1 Å². The number of rotatable bonds is 2. The van der Waals surface area contributed by atoms with Crippen molar-refractivity contribution in [1.82, 2.24) is 5.32 Å². The van der Waals surface area contributed by atoms with Crippen LogP contribution in [-0.4, -0.2) is 6.54 Å². The molecule has 0 aromatic heterocycles. The predicted molar refractivity (Wildman–Crippen MR) is 83.7 cm³/mol. The first kappa shape index (κ1) is 14.1. The largest absolute Gasteiger partial charge is 0.310 e. The minimum absolute atomic E-state index is 0. The zero-order valence-electron chi connectivity index (χ0n) is 11.0. The van der Waals surface area contributed by atoms with Crippen LogP contribution < -0.4 is 5.32 Å². The highest BCUT2D eigenvalue weighted by Crippen LogP contribution is 2.25. The molecule has 0 radical (unpaired) electrons. The van der Waals surface area contributed by atoms with E-state index >= 15 is 0 Å². The van der Waals surface area contributed by atoms with E-state index in [2.05, 4.69) is 59.9 Å². The maximum Gasteiger partial charge on any atom is 0.0320 e. The van der Waals surface area contributed by atoms with Gasteiger partial charge < -0.3 is 5.32 Å². The fourth-order valence-corrected chi connectivity index (χ4v) is 2.67. The molecule has 2 heteroatoms. The van der Waals surface area contributed by atoms with Gasteiger partial charge in [-0.1, -0.05) is 61.0 Å². The van der Waals surface area contributed by atoms with Crippen molar-refractivity contribution < 1.29 is 0 Å². The second kappa shape index (κ2) is 6.74. The number of piperidine rings is 1. The van der Waals surface area contributed by atoms with Crippen LogP contribution in [0.2, 0.25) is 0 Å². The third-order valence-electron chi connectivity index (χ3n) is 3.73. The lowest BCUT2D eigenvalue weighted by atomic mass is 9.95. The molecule has 0 aliphatic carbocycles. The normalized spacial score (nSPS) is 18.6. The van der Waals surface area contributed by atoms with Gasteiger partial charge in [0.2, 0.25) is 0 Å². The number of hydrogen-bond acceptors (Lipinski definition) is 1. The number of nitrogens with one attached hydrogen (secondary N) is 1. The summed E-state index contributed by atoms with van der Waals surface area (Å²) in [4.78, 5) is 0. The van der Waals surface area contributed by atoms with Gasteiger partial charge in [0, 0.05) is 6.04 Å². The summed E-state index contributed by atoms with van der Waals surface area (Å²) in [5.41, 5.74) is 4.02.